The Kier molecular flexibility index (Phi) is 2.11. The Labute approximate surface area is 96.8 Å². The van der Waals surface area contributed by atoms with Gasteiger partial charge in [-0.3, -0.25) is 4.98 Å². The minimum atomic E-state index is 0.200. The highest BCUT2D eigenvalue weighted by Crippen LogP contribution is 2.32. The second kappa shape index (κ2) is 3.61. The summed E-state index contributed by atoms with van der Waals surface area (Å²) < 4.78 is 1.23. The van der Waals surface area contributed by atoms with Gasteiger partial charge in [0.2, 0.25) is 0 Å². The molecule has 16 heavy (non-hydrogen) atoms. The summed E-state index contributed by atoms with van der Waals surface area (Å²) in [5.41, 5.74) is 2.07. The second-order valence-corrected chi connectivity index (χ2v) is 4.49. The predicted octanol–water partition coefficient (Wildman–Crippen LogP) is 3.67. The zero-order valence-corrected chi connectivity index (χ0v) is 9.24. The third-order valence-electron chi connectivity index (χ3n) is 2.51. The van der Waals surface area contributed by atoms with E-state index in [2.05, 4.69) is 28.6 Å². The fourth-order valence-corrected chi connectivity index (χ4v) is 2.73. The number of pyridine rings is 1. The second-order valence-electron chi connectivity index (χ2n) is 3.58. The fraction of sp³-hybridized carbons (Fsp3) is 0. The van der Waals surface area contributed by atoms with Crippen LogP contribution in [-0.4, -0.2) is 10.1 Å². The van der Waals surface area contributed by atoms with Crippen LogP contribution in [0.5, 0.6) is 5.75 Å². The third kappa shape index (κ3) is 1.46. The van der Waals surface area contributed by atoms with Crippen LogP contribution < -0.4 is 0 Å². The molecule has 3 heteroatoms. The predicted molar refractivity (Wildman–Crippen MR) is 66.7 cm³/mol. The first-order valence-corrected chi connectivity index (χ1v) is 5.83. The third-order valence-corrected chi connectivity index (χ3v) is 3.48. The SMILES string of the molecule is Oc1cncc(-c2cccc3ccsc23)c1. The number of hydrogen-bond donors (Lipinski definition) is 1. The summed E-state index contributed by atoms with van der Waals surface area (Å²) in [7, 11) is 0. The summed E-state index contributed by atoms with van der Waals surface area (Å²) in [6, 6.07) is 10.00. The van der Waals surface area contributed by atoms with Crippen molar-refractivity contribution in [3.8, 4) is 16.9 Å². The van der Waals surface area contributed by atoms with Crippen LogP contribution in [0.4, 0.5) is 0 Å². The van der Waals surface area contributed by atoms with Crippen LogP contribution in [0.25, 0.3) is 21.2 Å². The van der Waals surface area contributed by atoms with Gasteiger partial charge in [-0.25, -0.2) is 0 Å². The van der Waals surface area contributed by atoms with Gasteiger partial charge < -0.3 is 5.11 Å². The summed E-state index contributed by atoms with van der Waals surface area (Å²) in [5, 5.41) is 12.7. The molecule has 1 N–H and O–H groups in total. The number of fused-ring (bicyclic) bond motifs is 1. The standard InChI is InChI=1S/C13H9NOS/c15-11-6-10(7-14-8-11)12-3-1-2-9-4-5-16-13(9)12/h1-8,15H. The molecular weight excluding hydrogens is 218 g/mol. The minimum Gasteiger partial charge on any atom is -0.506 e. The molecule has 0 aliphatic heterocycles. The topological polar surface area (TPSA) is 33.1 Å². The molecule has 0 aliphatic rings. The lowest BCUT2D eigenvalue weighted by molar-refractivity contribution is 0.473. The van der Waals surface area contributed by atoms with Crippen molar-refractivity contribution in [2.24, 2.45) is 0 Å². The average molecular weight is 227 g/mol. The van der Waals surface area contributed by atoms with Gasteiger partial charge in [0.15, 0.2) is 0 Å². The van der Waals surface area contributed by atoms with Crippen molar-refractivity contribution >= 4 is 21.4 Å². The monoisotopic (exact) mass is 227 g/mol. The van der Waals surface area contributed by atoms with Crippen LogP contribution >= 0.6 is 11.3 Å². The molecule has 0 aliphatic carbocycles. The summed E-state index contributed by atoms with van der Waals surface area (Å²) in [6.45, 7) is 0. The van der Waals surface area contributed by atoms with Crippen molar-refractivity contribution in [2.75, 3.05) is 0 Å². The van der Waals surface area contributed by atoms with Gasteiger partial charge in [0, 0.05) is 22.0 Å². The van der Waals surface area contributed by atoms with Crippen molar-refractivity contribution in [1.82, 2.24) is 4.98 Å². The Balaban J connectivity index is 2.29. The molecule has 2 aromatic heterocycles. The Morgan fingerprint density at radius 2 is 2.06 bits per heavy atom. The highest BCUT2D eigenvalue weighted by Gasteiger charge is 2.05. The number of aromatic nitrogens is 1. The molecule has 2 heterocycles. The molecule has 3 aromatic rings. The zero-order valence-electron chi connectivity index (χ0n) is 8.42. The first kappa shape index (κ1) is 9.36. The van der Waals surface area contributed by atoms with Gasteiger partial charge >= 0.3 is 0 Å². The smallest absolute Gasteiger partial charge is 0.134 e. The highest BCUT2D eigenvalue weighted by molar-refractivity contribution is 7.17. The molecule has 78 valence electrons. The number of hydrogen-bond acceptors (Lipinski definition) is 3. The quantitative estimate of drug-likeness (QED) is 0.688. The van der Waals surface area contributed by atoms with Crippen LogP contribution in [0.3, 0.4) is 0 Å². The first-order valence-electron chi connectivity index (χ1n) is 4.95. The normalized spacial score (nSPS) is 10.8. The highest BCUT2D eigenvalue weighted by atomic mass is 32.1. The number of aromatic hydroxyl groups is 1. The molecule has 0 unspecified atom stereocenters. The van der Waals surface area contributed by atoms with E-state index in [-0.39, 0.29) is 5.75 Å². The van der Waals surface area contributed by atoms with Crippen LogP contribution in [0, 0.1) is 0 Å². The Morgan fingerprint density at radius 1 is 1.12 bits per heavy atom. The van der Waals surface area contributed by atoms with Crippen molar-refractivity contribution in [3.05, 3.63) is 48.1 Å². The van der Waals surface area contributed by atoms with Gasteiger partial charge in [-0.2, -0.15) is 0 Å². The molecule has 3 rings (SSSR count). The molecule has 0 amide bonds. The van der Waals surface area contributed by atoms with E-state index < -0.39 is 0 Å². The lowest BCUT2D eigenvalue weighted by atomic mass is 10.1. The maximum absolute atomic E-state index is 9.44. The van der Waals surface area contributed by atoms with E-state index in [9.17, 15) is 5.11 Å². The molecule has 1 aromatic carbocycles. The minimum absolute atomic E-state index is 0.200. The number of rotatable bonds is 1. The van der Waals surface area contributed by atoms with Gasteiger partial charge in [-0.1, -0.05) is 18.2 Å². The Bertz CT molecular complexity index is 645. The molecule has 0 radical (unpaired) electrons. The molecule has 0 bridgehead atoms. The molecular formula is C13H9NOS. The van der Waals surface area contributed by atoms with Crippen molar-refractivity contribution in [2.45, 2.75) is 0 Å². The first-order chi connectivity index (χ1) is 7.84. The summed E-state index contributed by atoms with van der Waals surface area (Å²) in [4.78, 5) is 4.01. The lowest BCUT2D eigenvalue weighted by Gasteiger charge is -2.03. The van der Waals surface area contributed by atoms with Gasteiger partial charge in [-0.15, -0.1) is 11.3 Å². The summed E-state index contributed by atoms with van der Waals surface area (Å²) in [5.74, 6) is 0.200. The zero-order chi connectivity index (χ0) is 11.0. The van der Waals surface area contributed by atoms with Crippen molar-refractivity contribution in [3.63, 3.8) is 0 Å². The van der Waals surface area contributed by atoms with Crippen LogP contribution in [0.15, 0.2) is 48.1 Å². The summed E-state index contributed by atoms with van der Waals surface area (Å²) >= 11 is 1.71. The van der Waals surface area contributed by atoms with Gasteiger partial charge in [-0.05, 0) is 22.9 Å². The molecule has 0 saturated carbocycles. The molecule has 0 spiro atoms. The Morgan fingerprint density at radius 3 is 2.94 bits per heavy atom. The molecule has 0 fully saturated rings. The Hall–Kier alpha value is -1.87. The van der Waals surface area contributed by atoms with Gasteiger partial charge in [0.1, 0.15) is 5.75 Å². The maximum atomic E-state index is 9.44. The van der Waals surface area contributed by atoms with Crippen LogP contribution in [0.1, 0.15) is 0 Å². The molecule has 0 saturated heterocycles. The van der Waals surface area contributed by atoms with E-state index in [1.165, 1.54) is 16.3 Å². The van der Waals surface area contributed by atoms with Crippen molar-refractivity contribution in [1.29, 1.82) is 0 Å². The van der Waals surface area contributed by atoms with E-state index in [4.69, 9.17) is 0 Å². The van der Waals surface area contributed by atoms with Gasteiger partial charge in [0.05, 0.1) is 6.20 Å². The van der Waals surface area contributed by atoms with E-state index in [1.807, 2.05) is 6.07 Å². The number of thiophene rings is 1. The van der Waals surface area contributed by atoms with Crippen LogP contribution in [0.2, 0.25) is 0 Å². The lowest BCUT2D eigenvalue weighted by Crippen LogP contribution is -1.79. The van der Waals surface area contributed by atoms with Crippen LogP contribution in [-0.2, 0) is 0 Å². The molecule has 0 atom stereocenters. The van der Waals surface area contributed by atoms with E-state index in [1.54, 1.807) is 23.6 Å². The van der Waals surface area contributed by atoms with E-state index in [0.717, 1.165) is 11.1 Å². The fourth-order valence-electron chi connectivity index (χ4n) is 1.80. The number of nitrogens with zero attached hydrogens (tertiary/aromatic N) is 1. The maximum Gasteiger partial charge on any atom is 0.134 e. The average Bonchev–Trinajstić information content (AvgIpc) is 2.76. The summed E-state index contributed by atoms with van der Waals surface area (Å²) in [6.07, 6.45) is 3.21. The van der Waals surface area contributed by atoms with E-state index >= 15 is 0 Å². The molecule has 2 nitrogen and oxygen atoms in total. The van der Waals surface area contributed by atoms with E-state index in [0.29, 0.717) is 0 Å². The van der Waals surface area contributed by atoms with Gasteiger partial charge in [0.25, 0.3) is 0 Å². The van der Waals surface area contributed by atoms with Crippen molar-refractivity contribution < 1.29 is 5.11 Å². The number of benzene rings is 1. The largest absolute Gasteiger partial charge is 0.506 e.